The summed E-state index contributed by atoms with van der Waals surface area (Å²) < 4.78 is 4.05. The van der Waals surface area contributed by atoms with Crippen molar-refractivity contribution in [3.63, 3.8) is 0 Å². The highest BCUT2D eigenvalue weighted by Crippen LogP contribution is 2.65. The average molecular weight is 491 g/mol. The Morgan fingerprint density at radius 1 is 1.15 bits per heavy atom. The van der Waals surface area contributed by atoms with Crippen molar-refractivity contribution in [3.05, 3.63) is 24.3 Å². The Hall–Kier alpha value is -1.80. The number of likely N-dealkylation sites (tertiary alicyclic amines) is 1. The standard InChI is InChI=1S/C26H38N2O5S/c1-16(2)17(15-29)28-20-22(31)27(24(3,4)5)13-10-12-26(20)18(21(28)30)19-23(32)33-14-9-7-8-11-25(19,6)34-26/h8,10-12,16-20,29H,7,9,13-15H2,1-6H3/b11-8-/t17-,18-,19-,20?,25+,26-/m0/s1. The topological polar surface area (TPSA) is 87.2 Å². The van der Waals surface area contributed by atoms with Crippen LogP contribution in [0.1, 0.15) is 54.4 Å². The molecule has 0 aliphatic carbocycles. The lowest BCUT2D eigenvalue weighted by molar-refractivity contribution is -0.155. The van der Waals surface area contributed by atoms with Crippen molar-refractivity contribution in [3.8, 4) is 0 Å². The maximum atomic E-state index is 14.3. The summed E-state index contributed by atoms with van der Waals surface area (Å²) >= 11 is 1.55. The van der Waals surface area contributed by atoms with Crippen LogP contribution in [0.3, 0.4) is 0 Å². The third-order valence-corrected chi connectivity index (χ3v) is 9.61. The Kier molecular flexibility index (Phi) is 6.47. The Morgan fingerprint density at radius 2 is 1.85 bits per heavy atom. The van der Waals surface area contributed by atoms with E-state index in [2.05, 4.69) is 6.08 Å². The van der Waals surface area contributed by atoms with Crippen LogP contribution < -0.4 is 0 Å². The zero-order valence-corrected chi connectivity index (χ0v) is 21.9. The summed E-state index contributed by atoms with van der Waals surface area (Å²) in [7, 11) is 0. The number of carbonyl (C=O) groups is 3. The van der Waals surface area contributed by atoms with Crippen LogP contribution in [-0.4, -0.2) is 79.6 Å². The number of aliphatic hydroxyl groups excluding tert-OH is 1. The zero-order valence-electron chi connectivity index (χ0n) is 21.1. The van der Waals surface area contributed by atoms with Crippen molar-refractivity contribution in [1.82, 2.24) is 9.80 Å². The van der Waals surface area contributed by atoms with Gasteiger partial charge in [0.05, 0.1) is 35.8 Å². The van der Waals surface area contributed by atoms with Gasteiger partial charge >= 0.3 is 5.97 Å². The molecule has 0 radical (unpaired) electrons. The van der Waals surface area contributed by atoms with Gasteiger partial charge in [-0.2, -0.15) is 0 Å². The molecule has 4 heterocycles. The number of cyclic esters (lactones) is 1. The number of fused-ring (bicyclic) bond motifs is 2. The number of rotatable bonds is 3. The van der Waals surface area contributed by atoms with Crippen molar-refractivity contribution in [1.29, 1.82) is 0 Å². The number of aliphatic hydroxyl groups is 1. The molecule has 4 rings (SSSR count). The summed E-state index contributed by atoms with van der Waals surface area (Å²) in [6.45, 7) is 12.4. The third-order valence-electron chi connectivity index (χ3n) is 7.81. The minimum absolute atomic E-state index is 0.0586. The minimum atomic E-state index is -0.918. The molecule has 0 aromatic rings. The Balaban J connectivity index is 1.93. The molecule has 6 atom stereocenters. The van der Waals surface area contributed by atoms with E-state index in [4.69, 9.17) is 4.74 Å². The number of carbonyl (C=O) groups excluding carboxylic acids is 3. The van der Waals surface area contributed by atoms with E-state index in [9.17, 15) is 19.5 Å². The average Bonchev–Trinajstić information content (AvgIpc) is 3.07. The van der Waals surface area contributed by atoms with Crippen LogP contribution in [0.25, 0.3) is 0 Å². The van der Waals surface area contributed by atoms with E-state index in [-0.39, 0.29) is 30.3 Å². The first-order valence-corrected chi connectivity index (χ1v) is 13.2. The molecule has 7 nitrogen and oxygen atoms in total. The predicted molar refractivity (Wildman–Crippen MR) is 132 cm³/mol. The number of amides is 2. The van der Waals surface area contributed by atoms with Crippen LogP contribution in [0.4, 0.5) is 0 Å². The molecular formula is C26H38N2O5S. The number of thioether (sulfide) groups is 1. The fourth-order valence-electron chi connectivity index (χ4n) is 6.15. The second-order valence-corrected chi connectivity index (χ2v) is 13.3. The van der Waals surface area contributed by atoms with Crippen LogP contribution in [0.15, 0.2) is 24.3 Å². The maximum Gasteiger partial charge on any atom is 0.311 e. The summed E-state index contributed by atoms with van der Waals surface area (Å²) in [6.07, 6.45) is 9.65. The Labute approximate surface area is 206 Å². The Bertz CT molecular complexity index is 925. The van der Waals surface area contributed by atoms with Gasteiger partial charge in [-0.05, 0) is 46.5 Å². The SMILES string of the molecule is CC(C)[C@H](CO)N1C(=O)[C@@H]2[C@H]3C(=O)OCCC/C=C\[C@@]3(C)S[C@@]23C=CCN(C(C)(C)C)C(=O)C13. The zero-order chi connectivity index (χ0) is 25.1. The van der Waals surface area contributed by atoms with Crippen LogP contribution in [0, 0.1) is 17.8 Å². The number of nitrogens with zero attached hydrogens (tertiary/aromatic N) is 2. The quantitative estimate of drug-likeness (QED) is 0.484. The van der Waals surface area contributed by atoms with Crippen LogP contribution in [0.5, 0.6) is 0 Å². The molecule has 1 spiro atoms. The van der Waals surface area contributed by atoms with Gasteiger partial charge in [0, 0.05) is 16.8 Å². The molecule has 2 fully saturated rings. The summed E-state index contributed by atoms with van der Waals surface area (Å²) in [4.78, 5) is 45.4. The maximum absolute atomic E-state index is 14.3. The summed E-state index contributed by atoms with van der Waals surface area (Å²) in [6, 6.07) is -1.33. The molecule has 0 aromatic heterocycles. The van der Waals surface area contributed by atoms with Crippen molar-refractivity contribution in [2.24, 2.45) is 17.8 Å². The fraction of sp³-hybridized carbons (Fsp3) is 0.731. The molecule has 0 saturated carbocycles. The van der Waals surface area contributed by atoms with Crippen LogP contribution in [-0.2, 0) is 19.1 Å². The molecule has 4 aliphatic rings. The smallest absolute Gasteiger partial charge is 0.311 e. The van der Waals surface area contributed by atoms with E-state index in [1.54, 1.807) is 16.7 Å². The highest BCUT2D eigenvalue weighted by molar-refractivity contribution is 8.02. The van der Waals surface area contributed by atoms with E-state index in [1.165, 1.54) is 0 Å². The number of ether oxygens (including phenoxy) is 1. The summed E-state index contributed by atoms with van der Waals surface area (Å²) in [5.41, 5.74) is -0.446. The lowest BCUT2D eigenvalue weighted by Crippen LogP contribution is -2.60. The largest absolute Gasteiger partial charge is 0.465 e. The van der Waals surface area contributed by atoms with Gasteiger partial charge in [-0.1, -0.05) is 38.2 Å². The number of esters is 1. The minimum Gasteiger partial charge on any atom is -0.465 e. The van der Waals surface area contributed by atoms with Crippen LogP contribution in [0.2, 0.25) is 0 Å². The normalized spacial score (nSPS) is 37.9. The number of allylic oxidation sites excluding steroid dienone is 1. The fourth-order valence-corrected chi connectivity index (χ4v) is 8.29. The van der Waals surface area contributed by atoms with Gasteiger partial charge in [-0.25, -0.2) is 0 Å². The van der Waals surface area contributed by atoms with E-state index in [1.807, 2.05) is 64.7 Å². The highest BCUT2D eigenvalue weighted by Gasteiger charge is 2.74. The van der Waals surface area contributed by atoms with Crippen molar-refractivity contribution < 1.29 is 24.2 Å². The molecular weight excluding hydrogens is 452 g/mol. The van der Waals surface area contributed by atoms with Gasteiger partial charge in [-0.3, -0.25) is 14.4 Å². The molecule has 0 aromatic carbocycles. The highest BCUT2D eigenvalue weighted by atomic mass is 32.2. The van der Waals surface area contributed by atoms with Gasteiger partial charge < -0.3 is 19.6 Å². The van der Waals surface area contributed by atoms with Gasteiger partial charge in [0.2, 0.25) is 11.8 Å². The monoisotopic (exact) mass is 490 g/mol. The first-order valence-electron chi connectivity index (χ1n) is 12.4. The van der Waals surface area contributed by atoms with Gasteiger partial charge in [0.1, 0.15) is 6.04 Å². The lowest BCUT2D eigenvalue weighted by Gasteiger charge is -2.43. The molecule has 0 bridgehead atoms. The predicted octanol–water partition coefficient (Wildman–Crippen LogP) is 2.78. The molecule has 2 amide bonds. The molecule has 2 saturated heterocycles. The molecule has 1 unspecified atom stereocenters. The molecule has 1 N–H and O–H groups in total. The van der Waals surface area contributed by atoms with Gasteiger partial charge in [0.15, 0.2) is 0 Å². The second-order valence-electron chi connectivity index (χ2n) is 11.5. The first kappa shape index (κ1) is 25.3. The van der Waals surface area contributed by atoms with Gasteiger partial charge in [-0.15, -0.1) is 11.8 Å². The molecule has 4 aliphatic heterocycles. The van der Waals surface area contributed by atoms with Crippen molar-refractivity contribution >= 4 is 29.5 Å². The van der Waals surface area contributed by atoms with Crippen molar-refractivity contribution in [2.45, 2.75) is 81.5 Å². The lowest BCUT2D eigenvalue weighted by atomic mass is 9.74. The first-order chi connectivity index (χ1) is 15.9. The van der Waals surface area contributed by atoms with E-state index in [0.29, 0.717) is 13.2 Å². The Morgan fingerprint density at radius 3 is 2.47 bits per heavy atom. The third kappa shape index (κ3) is 3.72. The van der Waals surface area contributed by atoms with E-state index >= 15 is 0 Å². The summed E-state index contributed by atoms with van der Waals surface area (Å²) in [5, 5.41) is 10.3. The molecule has 188 valence electrons. The van der Waals surface area contributed by atoms with E-state index in [0.717, 1.165) is 12.8 Å². The van der Waals surface area contributed by atoms with Gasteiger partial charge in [0.25, 0.3) is 0 Å². The second kappa shape index (κ2) is 8.70. The van der Waals surface area contributed by atoms with E-state index < -0.39 is 39.0 Å². The van der Waals surface area contributed by atoms with Crippen LogP contribution >= 0.6 is 11.8 Å². The molecule has 8 heteroatoms. The number of hydrogen-bond acceptors (Lipinski definition) is 6. The van der Waals surface area contributed by atoms with Crippen molar-refractivity contribution in [2.75, 3.05) is 19.8 Å². The number of hydrogen-bond donors (Lipinski definition) is 1. The summed E-state index contributed by atoms with van der Waals surface area (Å²) in [5.74, 6) is -2.26. The molecule has 34 heavy (non-hydrogen) atoms.